The topological polar surface area (TPSA) is 120 Å². The van der Waals surface area contributed by atoms with Crippen LogP contribution in [0.2, 0.25) is 0 Å². The van der Waals surface area contributed by atoms with E-state index in [1.165, 1.54) is 0 Å². The summed E-state index contributed by atoms with van der Waals surface area (Å²) in [5, 5.41) is 34.5. The van der Waals surface area contributed by atoms with Crippen molar-refractivity contribution in [1.82, 2.24) is 24.1 Å². The Balaban J connectivity index is 1.10. The smallest absolute Gasteiger partial charge is 0.164 e. The van der Waals surface area contributed by atoms with E-state index in [0.29, 0.717) is 34.2 Å². The molecule has 10 aromatic carbocycles. The number of hydrogen-bond acceptors (Lipinski definition) is 6. The Morgan fingerprint density at radius 1 is 0.257 bits per heavy atom. The highest BCUT2D eigenvalue weighted by Gasteiger charge is 2.21. The highest BCUT2D eigenvalue weighted by atomic mass is 15.0. The fourth-order valence-corrected chi connectivity index (χ4v) is 10.4. The summed E-state index contributed by atoms with van der Waals surface area (Å²) in [4.78, 5) is 16.2. The second kappa shape index (κ2) is 17.9. The SMILES string of the molecule is N#Cc1cccc(-c2cccc(-c3nc(-c4cc(-c5cccc(C#N)c5)cc(-n5c6ccccc6c6ccccc65)c4)nc(-c4cc(-c5cccc(C#N)c5)cc(-n5c6ccccc6c6ccccc65)c4)n3)c2)c1. The van der Waals surface area contributed by atoms with Crippen LogP contribution >= 0.6 is 0 Å². The maximum absolute atomic E-state index is 10.1. The number of benzene rings is 10. The molecule has 0 fully saturated rings. The van der Waals surface area contributed by atoms with Crippen molar-refractivity contribution >= 4 is 43.6 Å². The lowest BCUT2D eigenvalue weighted by atomic mass is 9.99. The second-order valence-electron chi connectivity index (χ2n) is 18.2. The Morgan fingerprint density at radius 3 is 0.919 bits per heavy atom. The summed E-state index contributed by atoms with van der Waals surface area (Å²) in [7, 11) is 0. The third kappa shape index (κ3) is 7.59. The zero-order valence-electron chi connectivity index (χ0n) is 39.5. The van der Waals surface area contributed by atoms with E-state index < -0.39 is 0 Å². The quantitative estimate of drug-likeness (QED) is 0.150. The number of aromatic nitrogens is 5. The third-order valence-corrected chi connectivity index (χ3v) is 13.8. The summed E-state index contributed by atoms with van der Waals surface area (Å²) in [5.41, 5.74) is 15.2. The minimum absolute atomic E-state index is 0.442. The summed E-state index contributed by atoms with van der Waals surface area (Å²) < 4.78 is 4.56. The van der Waals surface area contributed by atoms with Crippen LogP contribution in [0.5, 0.6) is 0 Å². The van der Waals surface area contributed by atoms with E-state index >= 15 is 0 Å². The van der Waals surface area contributed by atoms with Gasteiger partial charge >= 0.3 is 0 Å². The van der Waals surface area contributed by atoms with E-state index in [-0.39, 0.29) is 0 Å². The molecule has 0 bridgehead atoms. The number of nitrogens with zero attached hydrogens (tertiary/aromatic N) is 8. The maximum Gasteiger partial charge on any atom is 0.164 e. The van der Waals surface area contributed by atoms with Crippen molar-refractivity contribution in [3.63, 3.8) is 0 Å². The molecule has 3 aromatic heterocycles. The first-order chi connectivity index (χ1) is 36.5. The van der Waals surface area contributed by atoms with Gasteiger partial charge in [-0.1, -0.05) is 127 Å². The molecule has 8 nitrogen and oxygen atoms in total. The number of hydrogen-bond donors (Lipinski definition) is 0. The van der Waals surface area contributed by atoms with Crippen molar-refractivity contribution in [1.29, 1.82) is 15.8 Å². The molecule has 0 saturated heterocycles. The van der Waals surface area contributed by atoms with Crippen LogP contribution in [-0.2, 0) is 0 Å². The Labute approximate surface area is 425 Å². The molecule has 0 N–H and O–H groups in total. The Kier molecular flexibility index (Phi) is 10.5. The molecule has 0 unspecified atom stereocenters. The highest BCUT2D eigenvalue weighted by molar-refractivity contribution is 6.10. The molecule has 13 rings (SSSR count). The van der Waals surface area contributed by atoms with Crippen LogP contribution in [0.15, 0.2) is 231 Å². The van der Waals surface area contributed by atoms with Crippen LogP contribution in [0, 0.1) is 34.0 Å². The minimum Gasteiger partial charge on any atom is -0.309 e. The van der Waals surface area contributed by atoms with E-state index in [9.17, 15) is 15.8 Å². The van der Waals surface area contributed by atoms with Crippen molar-refractivity contribution in [2.75, 3.05) is 0 Å². The first-order valence-corrected chi connectivity index (χ1v) is 24.2. The maximum atomic E-state index is 10.1. The first kappa shape index (κ1) is 43.3. The summed E-state index contributed by atoms with van der Waals surface area (Å²) in [6, 6.07) is 84.4. The van der Waals surface area contributed by atoms with E-state index in [4.69, 9.17) is 15.0 Å². The predicted molar refractivity (Wildman–Crippen MR) is 295 cm³/mol. The lowest BCUT2D eigenvalue weighted by Crippen LogP contribution is -2.03. The summed E-state index contributed by atoms with van der Waals surface area (Å²) >= 11 is 0. The molecule has 0 radical (unpaired) electrons. The molecule has 3 heterocycles. The molecule has 8 heteroatoms. The van der Waals surface area contributed by atoms with Gasteiger partial charge in [0.1, 0.15) is 0 Å². The fraction of sp³-hybridized carbons (Fsp3) is 0. The molecule has 0 aliphatic heterocycles. The van der Waals surface area contributed by atoms with Gasteiger partial charge in [0.05, 0.1) is 57.0 Å². The molecule has 0 atom stereocenters. The fourth-order valence-electron chi connectivity index (χ4n) is 10.4. The van der Waals surface area contributed by atoms with Crippen molar-refractivity contribution in [3.8, 4) is 97.1 Å². The second-order valence-corrected chi connectivity index (χ2v) is 18.2. The van der Waals surface area contributed by atoms with E-state index in [1.54, 1.807) is 6.07 Å². The lowest BCUT2D eigenvalue weighted by Gasteiger charge is -2.16. The Hall–Kier alpha value is -10.7. The van der Waals surface area contributed by atoms with Crippen LogP contribution < -0.4 is 0 Å². The van der Waals surface area contributed by atoms with E-state index in [0.717, 1.165) is 105 Å². The normalized spacial score (nSPS) is 11.2. The number of rotatable bonds is 8. The summed E-state index contributed by atoms with van der Waals surface area (Å²) in [6.45, 7) is 0. The molecule has 0 saturated carbocycles. The van der Waals surface area contributed by atoms with Gasteiger partial charge in [-0.15, -0.1) is 0 Å². The molecule has 0 aliphatic carbocycles. The van der Waals surface area contributed by atoms with E-state index in [1.807, 2.05) is 84.9 Å². The standard InChI is InChI=1S/C66H38N8/c67-39-42-13-9-16-45(29-42)48-19-12-20-49(32-48)64-70-65(52-33-50(46-17-10-14-43(30-46)40-68)35-54(37-52)73-60-25-5-1-21-56(60)57-22-2-6-26-61(57)73)72-66(71-64)53-34-51(47-18-11-15-44(31-47)41-69)36-55(38-53)74-62-27-7-3-23-58(62)59-24-4-8-28-63(59)74/h1-38H. The van der Waals surface area contributed by atoms with Crippen LogP contribution in [0.25, 0.3) is 123 Å². The molecule has 74 heavy (non-hydrogen) atoms. The average Bonchev–Trinajstić information content (AvgIpc) is 4.03. The van der Waals surface area contributed by atoms with Crippen LogP contribution in [-0.4, -0.2) is 24.1 Å². The van der Waals surface area contributed by atoms with Crippen molar-refractivity contribution in [3.05, 3.63) is 247 Å². The Bertz CT molecular complexity index is 4210. The van der Waals surface area contributed by atoms with Crippen LogP contribution in [0.3, 0.4) is 0 Å². The van der Waals surface area contributed by atoms with Gasteiger partial charge in [0.2, 0.25) is 0 Å². The van der Waals surface area contributed by atoms with Gasteiger partial charge in [0.25, 0.3) is 0 Å². The molecule has 13 aromatic rings. The molecule has 0 spiro atoms. The van der Waals surface area contributed by atoms with E-state index in [2.05, 4.69) is 167 Å². The van der Waals surface area contributed by atoms with Gasteiger partial charge in [-0.05, 0) is 137 Å². The average molecular weight is 943 g/mol. The lowest BCUT2D eigenvalue weighted by molar-refractivity contribution is 1.07. The zero-order chi connectivity index (χ0) is 49.7. The monoisotopic (exact) mass is 942 g/mol. The van der Waals surface area contributed by atoms with Crippen molar-refractivity contribution < 1.29 is 0 Å². The van der Waals surface area contributed by atoms with Crippen molar-refractivity contribution in [2.24, 2.45) is 0 Å². The van der Waals surface area contributed by atoms with Gasteiger partial charge in [0.15, 0.2) is 17.5 Å². The highest BCUT2D eigenvalue weighted by Crippen LogP contribution is 2.39. The zero-order valence-corrected chi connectivity index (χ0v) is 39.5. The van der Waals surface area contributed by atoms with Crippen LogP contribution in [0.1, 0.15) is 16.7 Å². The molecular formula is C66H38N8. The summed E-state index contributed by atoms with van der Waals surface area (Å²) in [5.74, 6) is 1.34. The van der Waals surface area contributed by atoms with Gasteiger partial charge in [0, 0.05) is 49.6 Å². The third-order valence-electron chi connectivity index (χ3n) is 13.8. The van der Waals surface area contributed by atoms with Crippen LogP contribution in [0.4, 0.5) is 0 Å². The number of nitriles is 3. The number of fused-ring (bicyclic) bond motifs is 6. The van der Waals surface area contributed by atoms with Gasteiger partial charge in [-0.25, -0.2) is 15.0 Å². The molecule has 0 amide bonds. The first-order valence-electron chi connectivity index (χ1n) is 24.2. The van der Waals surface area contributed by atoms with Crippen molar-refractivity contribution in [2.45, 2.75) is 0 Å². The van der Waals surface area contributed by atoms with Gasteiger partial charge in [-0.2, -0.15) is 15.8 Å². The Morgan fingerprint density at radius 2 is 0.541 bits per heavy atom. The largest absolute Gasteiger partial charge is 0.309 e. The van der Waals surface area contributed by atoms with Gasteiger partial charge in [-0.3, -0.25) is 0 Å². The minimum atomic E-state index is 0.442. The molecule has 0 aliphatic rings. The van der Waals surface area contributed by atoms with Gasteiger partial charge < -0.3 is 9.13 Å². The molecular weight excluding hydrogens is 905 g/mol. The predicted octanol–water partition coefficient (Wildman–Crippen LogP) is 15.7. The summed E-state index contributed by atoms with van der Waals surface area (Å²) in [6.07, 6.45) is 0. The molecule has 342 valence electrons. The number of para-hydroxylation sites is 4.